The van der Waals surface area contributed by atoms with Crippen molar-refractivity contribution in [2.45, 2.75) is 6.54 Å². The molecule has 3 N–H and O–H groups in total. The molecule has 0 spiro atoms. The molecule has 0 atom stereocenters. The summed E-state index contributed by atoms with van der Waals surface area (Å²) in [5.74, 6) is -1.10. The Balaban J connectivity index is 1.86. The van der Waals surface area contributed by atoms with Gasteiger partial charge in [0.1, 0.15) is 5.69 Å². The van der Waals surface area contributed by atoms with E-state index in [2.05, 4.69) is 20.3 Å². The number of ether oxygens (including phenoxy) is 2. The third-order valence-corrected chi connectivity index (χ3v) is 3.90. The van der Waals surface area contributed by atoms with Crippen LogP contribution in [0.2, 0.25) is 0 Å². The van der Waals surface area contributed by atoms with Crippen molar-refractivity contribution in [1.29, 1.82) is 0 Å². The molecule has 0 aliphatic rings. The Labute approximate surface area is 160 Å². The number of nitrogens with one attached hydrogen (secondary N) is 1. The maximum Gasteiger partial charge on any atom is 0.274 e. The van der Waals surface area contributed by atoms with Crippen LogP contribution in [0.5, 0.6) is 23.1 Å². The highest BCUT2D eigenvalue weighted by Crippen LogP contribution is 2.31. The summed E-state index contributed by atoms with van der Waals surface area (Å²) in [5, 5.41) is 22.5. The molecule has 0 aliphatic heterocycles. The second-order valence-corrected chi connectivity index (χ2v) is 5.62. The number of aromatic hydroxyl groups is 2. The Morgan fingerprint density at radius 2 is 1.89 bits per heavy atom. The summed E-state index contributed by atoms with van der Waals surface area (Å²) in [6.45, 7) is 0.0856. The van der Waals surface area contributed by atoms with Gasteiger partial charge in [0.05, 0.1) is 14.2 Å². The number of hydrogen-bond acceptors (Lipinski definition) is 8. The molecular weight excluding hydrogens is 364 g/mol. The fraction of sp³-hybridized carbons (Fsp3) is 0.158. The number of benzene rings is 1. The summed E-state index contributed by atoms with van der Waals surface area (Å²) in [6.07, 6.45) is 1.53. The largest absolute Gasteiger partial charge is 0.501 e. The zero-order chi connectivity index (χ0) is 20.1. The van der Waals surface area contributed by atoms with Crippen LogP contribution >= 0.6 is 0 Å². The third kappa shape index (κ3) is 3.78. The molecule has 1 amide bonds. The lowest BCUT2D eigenvalue weighted by atomic mass is 10.1. The van der Waals surface area contributed by atoms with E-state index < -0.39 is 17.5 Å². The molecule has 2 heterocycles. The van der Waals surface area contributed by atoms with E-state index in [1.54, 1.807) is 36.4 Å². The molecule has 3 rings (SSSR count). The minimum atomic E-state index is -0.713. The van der Waals surface area contributed by atoms with Gasteiger partial charge in [-0.1, -0.05) is 18.2 Å². The van der Waals surface area contributed by atoms with E-state index >= 15 is 0 Å². The molecule has 0 bridgehead atoms. The van der Waals surface area contributed by atoms with Gasteiger partial charge in [-0.2, -0.15) is 4.98 Å². The quantitative estimate of drug-likeness (QED) is 0.590. The molecule has 0 aliphatic carbocycles. The minimum Gasteiger partial charge on any atom is -0.501 e. The summed E-state index contributed by atoms with van der Waals surface area (Å²) in [4.78, 5) is 24.4. The monoisotopic (exact) mass is 382 g/mol. The molecule has 3 aromatic rings. The second kappa shape index (κ2) is 8.21. The van der Waals surface area contributed by atoms with Gasteiger partial charge in [-0.25, -0.2) is 4.98 Å². The number of aromatic nitrogens is 3. The maximum atomic E-state index is 12.6. The molecule has 144 valence electrons. The summed E-state index contributed by atoms with van der Waals surface area (Å²) >= 11 is 0. The molecule has 9 heteroatoms. The average molecular weight is 382 g/mol. The fourth-order valence-corrected chi connectivity index (χ4v) is 2.56. The van der Waals surface area contributed by atoms with Crippen molar-refractivity contribution in [3.63, 3.8) is 0 Å². The Morgan fingerprint density at radius 1 is 1.07 bits per heavy atom. The molecule has 9 nitrogen and oxygen atoms in total. The van der Waals surface area contributed by atoms with Crippen LogP contribution in [-0.2, 0) is 6.54 Å². The number of rotatable bonds is 6. The first-order chi connectivity index (χ1) is 13.5. The SMILES string of the molecule is COc1cccc(CNC(=O)c2nc(-c3ccccn3)nc(O)c2O)c1OC. The van der Waals surface area contributed by atoms with Gasteiger partial charge in [0.25, 0.3) is 11.8 Å². The number of pyridine rings is 1. The summed E-state index contributed by atoms with van der Waals surface area (Å²) in [6, 6.07) is 10.3. The van der Waals surface area contributed by atoms with Crippen molar-refractivity contribution in [3.8, 4) is 34.6 Å². The van der Waals surface area contributed by atoms with E-state index in [-0.39, 0.29) is 18.1 Å². The third-order valence-electron chi connectivity index (χ3n) is 3.90. The lowest BCUT2D eigenvalue weighted by Crippen LogP contribution is -2.24. The fourth-order valence-electron chi connectivity index (χ4n) is 2.56. The molecule has 1 aromatic carbocycles. The minimum absolute atomic E-state index is 0.0139. The molecule has 2 aromatic heterocycles. The van der Waals surface area contributed by atoms with E-state index in [0.717, 1.165) is 0 Å². The molecule has 0 saturated carbocycles. The predicted octanol–water partition coefficient (Wildman–Crippen LogP) is 1.90. The first-order valence-electron chi connectivity index (χ1n) is 8.24. The second-order valence-electron chi connectivity index (χ2n) is 5.62. The Hall–Kier alpha value is -3.88. The van der Waals surface area contributed by atoms with Crippen molar-refractivity contribution < 1.29 is 24.5 Å². The lowest BCUT2D eigenvalue weighted by molar-refractivity contribution is 0.0941. The van der Waals surface area contributed by atoms with Gasteiger partial charge in [0.15, 0.2) is 23.0 Å². The number of methoxy groups -OCH3 is 2. The molecule has 0 saturated heterocycles. The van der Waals surface area contributed by atoms with Crippen LogP contribution in [0.3, 0.4) is 0 Å². The van der Waals surface area contributed by atoms with E-state index in [1.807, 2.05) is 0 Å². The van der Waals surface area contributed by atoms with E-state index in [9.17, 15) is 15.0 Å². The number of amides is 1. The molecule has 0 fully saturated rings. The van der Waals surface area contributed by atoms with Gasteiger partial charge in [-0.05, 0) is 18.2 Å². The number of para-hydroxylation sites is 1. The van der Waals surface area contributed by atoms with E-state index in [4.69, 9.17) is 9.47 Å². The van der Waals surface area contributed by atoms with E-state index in [0.29, 0.717) is 22.8 Å². The van der Waals surface area contributed by atoms with Crippen molar-refractivity contribution in [1.82, 2.24) is 20.3 Å². The highest BCUT2D eigenvalue weighted by atomic mass is 16.5. The lowest BCUT2D eigenvalue weighted by Gasteiger charge is -2.13. The summed E-state index contributed by atoms with van der Waals surface area (Å²) in [7, 11) is 3.01. The number of carbonyl (C=O) groups is 1. The van der Waals surface area contributed by atoms with Crippen molar-refractivity contribution >= 4 is 5.91 Å². The number of carbonyl (C=O) groups excluding carboxylic acids is 1. The average Bonchev–Trinajstić information content (AvgIpc) is 2.73. The smallest absolute Gasteiger partial charge is 0.274 e. The summed E-state index contributed by atoms with van der Waals surface area (Å²) in [5.41, 5.74) is 0.647. The van der Waals surface area contributed by atoms with Crippen LogP contribution in [0, 0.1) is 0 Å². The van der Waals surface area contributed by atoms with Crippen LogP contribution in [0.25, 0.3) is 11.5 Å². The van der Waals surface area contributed by atoms with Crippen molar-refractivity contribution in [2.75, 3.05) is 14.2 Å². The highest BCUT2D eigenvalue weighted by molar-refractivity contribution is 5.95. The van der Waals surface area contributed by atoms with Gasteiger partial charge in [-0.15, -0.1) is 0 Å². The molecule has 0 radical (unpaired) electrons. The van der Waals surface area contributed by atoms with Gasteiger partial charge < -0.3 is 25.0 Å². The van der Waals surface area contributed by atoms with Crippen LogP contribution in [0.4, 0.5) is 0 Å². The van der Waals surface area contributed by atoms with Crippen molar-refractivity contribution in [3.05, 3.63) is 53.9 Å². The topological polar surface area (TPSA) is 127 Å². The first kappa shape index (κ1) is 18.9. The Kier molecular flexibility index (Phi) is 5.54. The van der Waals surface area contributed by atoms with Gasteiger partial charge in [0.2, 0.25) is 5.75 Å². The zero-order valence-corrected chi connectivity index (χ0v) is 15.2. The molecule has 0 unspecified atom stereocenters. The normalized spacial score (nSPS) is 10.4. The van der Waals surface area contributed by atoms with Crippen molar-refractivity contribution in [2.24, 2.45) is 0 Å². The highest BCUT2D eigenvalue weighted by Gasteiger charge is 2.21. The van der Waals surface area contributed by atoms with Gasteiger partial charge >= 0.3 is 0 Å². The standard InChI is InChI=1S/C19H18N4O5/c1-27-13-8-5-6-11(16(13)28-2)10-21-18(25)14-15(24)19(26)23-17(22-14)12-7-3-4-9-20-12/h3-9,24H,10H2,1-2H3,(H,21,25)(H,22,23,26). The van der Waals surface area contributed by atoms with Gasteiger partial charge in [0, 0.05) is 18.3 Å². The van der Waals surface area contributed by atoms with Crippen LogP contribution in [0.15, 0.2) is 42.6 Å². The maximum absolute atomic E-state index is 12.6. The van der Waals surface area contributed by atoms with E-state index in [1.165, 1.54) is 20.4 Å². The predicted molar refractivity (Wildman–Crippen MR) is 99.3 cm³/mol. The molecule has 28 heavy (non-hydrogen) atoms. The number of nitrogens with zero attached hydrogens (tertiary/aromatic N) is 3. The van der Waals surface area contributed by atoms with Crippen LogP contribution in [0.1, 0.15) is 16.1 Å². The Bertz CT molecular complexity index is 995. The summed E-state index contributed by atoms with van der Waals surface area (Å²) < 4.78 is 10.6. The first-order valence-corrected chi connectivity index (χ1v) is 8.24. The van der Waals surface area contributed by atoms with Crippen LogP contribution < -0.4 is 14.8 Å². The Morgan fingerprint density at radius 3 is 2.57 bits per heavy atom. The van der Waals surface area contributed by atoms with Gasteiger partial charge in [-0.3, -0.25) is 9.78 Å². The number of hydrogen-bond donors (Lipinski definition) is 3. The van der Waals surface area contributed by atoms with Crippen LogP contribution in [-0.4, -0.2) is 45.3 Å². The molecular formula is C19H18N4O5. The zero-order valence-electron chi connectivity index (χ0n) is 15.2.